The zero-order valence-electron chi connectivity index (χ0n) is 14.4. The van der Waals surface area contributed by atoms with Gasteiger partial charge in [-0.3, -0.25) is 0 Å². The van der Waals surface area contributed by atoms with Gasteiger partial charge in [0, 0.05) is 5.56 Å². The molecule has 0 amide bonds. The maximum absolute atomic E-state index is 5.42. The summed E-state index contributed by atoms with van der Waals surface area (Å²) < 4.78 is 6.58. The summed E-state index contributed by atoms with van der Waals surface area (Å²) in [6.45, 7) is 0. The Morgan fingerprint density at radius 1 is 0.741 bits per heavy atom. The van der Waals surface area contributed by atoms with E-state index in [0.717, 1.165) is 20.8 Å². The fourth-order valence-electron chi connectivity index (χ4n) is 3.02. The van der Waals surface area contributed by atoms with E-state index in [1.165, 1.54) is 11.1 Å². The maximum atomic E-state index is 5.42. The number of benzene rings is 3. The van der Waals surface area contributed by atoms with Gasteiger partial charge in [0.15, 0.2) is 0 Å². The number of thiazole rings is 1. The van der Waals surface area contributed by atoms with Crippen LogP contribution in [0.4, 0.5) is 0 Å². The second-order valence-corrected chi connectivity index (χ2v) is 7.33. The number of hydrogen-bond donors (Lipinski definition) is 0. The van der Waals surface area contributed by atoms with Crippen LogP contribution in [0.3, 0.4) is 0 Å². The molecule has 5 aromatic rings. The summed E-state index contributed by atoms with van der Waals surface area (Å²) in [6.07, 6.45) is 0.542. The van der Waals surface area contributed by atoms with Crippen LogP contribution >= 0.6 is 11.3 Å². The molecule has 130 valence electrons. The molecule has 0 aliphatic rings. The summed E-state index contributed by atoms with van der Waals surface area (Å²) >= 11 is 1.67. The van der Waals surface area contributed by atoms with Gasteiger partial charge in [0.25, 0.3) is 0 Å². The Morgan fingerprint density at radius 3 is 2.26 bits per heavy atom. The third-order valence-electron chi connectivity index (χ3n) is 4.34. The van der Waals surface area contributed by atoms with Gasteiger partial charge >= 0.3 is 0 Å². The van der Waals surface area contributed by atoms with Gasteiger partial charge in [-0.05, 0) is 23.3 Å². The molecule has 0 fully saturated rings. The highest BCUT2D eigenvalue weighted by molar-refractivity contribution is 7.18. The third kappa shape index (κ3) is 3.25. The first-order valence-corrected chi connectivity index (χ1v) is 9.50. The molecule has 5 rings (SSSR count). The number of nitrogens with zero attached hydrogens (tertiary/aromatic N) is 3. The van der Waals surface area contributed by atoms with E-state index in [1.54, 1.807) is 11.3 Å². The SMILES string of the molecule is c1ccc(-c2ccc3nc(Cc4nc(-c5ccccc5)no4)sc3c2)cc1. The maximum Gasteiger partial charge on any atom is 0.233 e. The molecule has 0 saturated carbocycles. The first kappa shape index (κ1) is 15.9. The lowest BCUT2D eigenvalue weighted by molar-refractivity contribution is 0.385. The first-order valence-electron chi connectivity index (χ1n) is 8.68. The lowest BCUT2D eigenvalue weighted by atomic mass is 10.1. The van der Waals surface area contributed by atoms with E-state index in [9.17, 15) is 0 Å². The molecule has 27 heavy (non-hydrogen) atoms. The molecule has 0 spiro atoms. The fraction of sp³-hybridized carbons (Fsp3) is 0.0455. The van der Waals surface area contributed by atoms with Gasteiger partial charge < -0.3 is 4.52 Å². The molecule has 0 bridgehead atoms. The minimum absolute atomic E-state index is 0.542. The summed E-state index contributed by atoms with van der Waals surface area (Å²) in [5, 5.41) is 5.05. The molecule has 0 saturated heterocycles. The summed E-state index contributed by atoms with van der Waals surface area (Å²) in [6, 6.07) is 26.6. The van der Waals surface area contributed by atoms with E-state index < -0.39 is 0 Å². The van der Waals surface area contributed by atoms with E-state index in [1.807, 2.05) is 36.4 Å². The van der Waals surface area contributed by atoms with Gasteiger partial charge in [-0.15, -0.1) is 11.3 Å². The topological polar surface area (TPSA) is 51.8 Å². The molecule has 0 aliphatic heterocycles. The third-order valence-corrected chi connectivity index (χ3v) is 5.36. The van der Waals surface area contributed by atoms with Gasteiger partial charge in [0.05, 0.1) is 16.6 Å². The van der Waals surface area contributed by atoms with Crippen molar-refractivity contribution in [2.24, 2.45) is 0 Å². The van der Waals surface area contributed by atoms with E-state index >= 15 is 0 Å². The van der Waals surface area contributed by atoms with E-state index in [-0.39, 0.29) is 0 Å². The molecule has 0 N–H and O–H groups in total. The Labute approximate surface area is 160 Å². The van der Waals surface area contributed by atoms with Crippen molar-refractivity contribution < 1.29 is 4.52 Å². The zero-order chi connectivity index (χ0) is 18.1. The summed E-state index contributed by atoms with van der Waals surface area (Å²) in [4.78, 5) is 9.22. The Bertz CT molecular complexity index is 1200. The predicted molar refractivity (Wildman–Crippen MR) is 108 cm³/mol. The Morgan fingerprint density at radius 2 is 1.48 bits per heavy atom. The largest absolute Gasteiger partial charge is 0.339 e. The van der Waals surface area contributed by atoms with Crippen molar-refractivity contribution >= 4 is 21.6 Å². The predicted octanol–water partition coefficient (Wildman–Crippen LogP) is 5.60. The zero-order valence-corrected chi connectivity index (χ0v) is 15.2. The van der Waals surface area contributed by atoms with Crippen molar-refractivity contribution in [1.82, 2.24) is 15.1 Å². The Balaban J connectivity index is 1.42. The molecule has 0 atom stereocenters. The highest BCUT2D eigenvalue weighted by Crippen LogP contribution is 2.29. The molecule has 4 nitrogen and oxygen atoms in total. The summed E-state index contributed by atoms with van der Waals surface area (Å²) in [5.41, 5.74) is 4.35. The standard InChI is InChI=1S/C22H15N3OS/c1-3-7-15(8-4-1)17-11-12-18-19(13-17)27-21(23-18)14-20-24-22(25-26-20)16-9-5-2-6-10-16/h1-13H,14H2. The van der Waals surface area contributed by atoms with Crippen molar-refractivity contribution in [3.63, 3.8) is 0 Å². The Kier molecular flexibility index (Phi) is 3.99. The number of rotatable bonds is 4. The fourth-order valence-corrected chi connectivity index (χ4v) is 4.02. The van der Waals surface area contributed by atoms with Crippen LogP contribution in [0.1, 0.15) is 10.9 Å². The van der Waals surface area contributed by atoms with Gasteiger partial charge in [0.2, 0.25) is 11.7 Å². The van der Waals surface area contributed by atoms with Crippen molar-refractivity contribution in [2.45, 2.75) is 6.42 Å². The smallest absolute Gasteiger partial charge is 0.233 e. The lowest BCUT2D eigenvalue weighted by Gasteiger charge is -2.00. The molecular weight excluding hydrogens is 354 g/mol. The average Bonchev–Trinajstić information content (AvgIpc) is 3.35. The molecule has 2 heterocycles. The highest BCUT2D eigenvalue weighted by atomic mass is 32.1. The monoisotopic (exact) mass is 369 g/mol. The van der Waals surface area contributed by atoms with Crippen molar-refractivity contribution in [1.29, 1.82) is 0 Å². The van der Waals surface area contributed by atoms with Crippen molar-refractivity contribution in [3.8, 4) is 22.5 Å². The minimum Gasteiger partial charge on any atom is -0.339 e. The van der Waals surface area contributed by atoms with Crippen LogP contribution in [-0.2, 0) is 6.42 Å². The van der Waals surface area contributed by atoms with Crippen molar-refractivity contribution in [3.05, 3.63) is 89.8 Å². The normalized spacial score (nSPS) is 11.1. The second-order valence-electron chi connectivity index (χ2n) is 6.21. The van der Waals surface area contributed by atoms with Crippen LogP contribution in [0.15, 0.2) is 83.4 Å². The molecule has 0 radical (unpaired) electrons. The Hall–Kier alpha value is -3.31. The highest BCUT2D eigenvalue weighted by Gasteiger charge is 2.12. The molecule has 5 heteroatoms. The minimum atomic E-state index is 0.542. The molecule has 0 aliphatic carbocycles. The van der Waals surface area contributed by atoms with Crippen LogP contribution in [0.25, 0.3) is 32.7 Å². The number of aromatic nitrogens is 3. The van der Waals surface area contributed by atoms with E-state index in [4.69, 9.17) is 9.51 Å². The van der Waals surface area contributed by atoms with Crippen LogP contribution in [0, 0.1) is 0 Å². The van der Waals surface area contributed by atoms with E-state index in [0.29, 0.717) is 18.1 Å². The van der Waals surface area contributed by atoms with Gasteiger partial charge in [-0.25, -0.2) is 4.98 Å². The number of hydrogen-bond acceptors (Lipinski definition) is 5. The molecule has 2 aromatic heterocycles. The summed E-state index contributed by atoms with van der Waals surface area (Å²) in [5.74, 6) is 1.19. The quantitative estimate of drug-likeness (QED) is 0.413. The molecular formula is C22H15N3OS. The van der Waals surface area contributed by atoms with E-state index in [2.05, 4.69) is 52.6 Å². The van der Waals surface area contributed by atoms with Crippen LogP contribution < -0.4 is 0 Å². The van der Waals surface area contributed by atoms with Crippen LogP contribution in [-0.4, -0.2) is 15.1 Å². The average molecular weight is 369 g/mol. The van der Waals surface area contributed by atoms with Crippen molar-refractivity contribution in [2.75, 3.05) is 0 Å². The molecule has 3 aromatic carbocycles. The number of fused-ring (bicyclic) bond motifs is 1. The van der Waals surface area contributed by atoms with Gasteiger partial charge in [-0.2, -0.15) is 4.98 Å². The van der Waals surface area contributed by atoms with Crippen LogP contribution in [0.2, 0.25) is 0 Å². The van der Waals surface area contributed by atoms with Gasteiger partial charge in [0.1, 0.15) is 5.01 Å². The van der Waals surface area contributed by atoms with Gasteiger partial charge in [-0.1, -0.05) is 71.9 Å². The second kappa shape index (κ2) is 6.78. The summed E-state index contributed by atoms with van der Waals surface area (Å²) in [7, 11) is 0. The first-order chi connectivity index (χ1) is 13.3. The van der Waals surface area contributed by atoms with Crippen LogP contribution in [0.5, 0.6) is 0 Å². The molecule has 0 unspecified atom stereocenters. The lowest BCUT2D eigenvalue weighted by Crippen LogP contribution is -1.87.